The molecule has 0 unspecified atom stereocenters. The van der Waals surface area contributed by atoms with Gasteiger partial charge in [-0.3, -0.25) is 4.79 Å². The molecule has 7 nitrogen and oxygen atoms in total. The largest absolute Gasteiger partial charge is 0.436 e. The second-order valence-electron chi connectivity index (χ2n) is 5.99. The van der Waals surface area contributed by atoms with Crippen LogP contribution in [0, 0.1) is 5.82 Å². The van der Waals surface area contributed by atoms with Gasteiger partial charge in [-0.25, -0.2) is 15.4 Å². The molecule has 2 aromatic heterocycles. The smallest absolute Gasteiger partial charge is 0.260 e. The SMILES string of the molecule is O=C(CSc1nc2ccccc2s1)N/N=C\c1ccc(Oc2nc(Cl)ncc2F)cc1. The predicted octanol–water partition coefficient (Wildman–Crippen LogP) is 4.91. The molecule has 0 radical (unpaired) electrons. The Morgan fingerprint density at radius 3 is 2.84 bits per heavy atom. The monoisotopic (exact) mass is 473 g/mol. The minimum absolute atomic E-state index is 0.114. The lowest BCUT2D eigenvalue weighted by Gasteiger charge is -2.05. The number of halogens is 2. The van der Waals surface area contributed by atoms with E-state index in [2.05, 4.69) is 25.5 Å². The lowest BCUT2D eigenvalue weighted by Crippen LogP contribution is -2.19. The van der Waals surface area contributed by atoms with Crippen molar-refractivity contribution in [2.24, 2.45) is 5.10 Å². The molecule has 0 spiro atoms. The Balaban J connectivity index is 1.27. The maximum atomic E-state index is 13.6. The van der Waals surface area contributed by atoms with Crippen molar-refractivity contribution in [2.45, 2.75) is 4.34 Å². The van der Waals surface area contributed by atoms with Crippen LogP contribution in [0.2, 0.25) is 5.28 Å². The van der Waals surface area contributed by atoms with Crippen molar-refractivity contribution in [3.63, 3.8) is 0 Å². The van der Waals surface area contributed by atoms with Gasteiger partial charge in [0.1, 0.15) is 5.75 Å². The Hall–Kier alpha value is -3.08. The van der Waals surface area contributed by atoms with Crippen LogP contribution in [0.25, 0.3) is 10.2 Å². The molecule has 0 saturated heterocycles. The van der Waals surface area contributed by atoms with Gasteiger partial charge in [0, 0.05) is 0 Å². The number of amides is 1. The number of hydrogen-bond acceptors (Lipinski definition) is 8. The third-order valence-electron chi connectivity index (χ3n) is 3.78. The number of aromatic nitrogens is 3. The zero-order chi connectivity index (χ0) is 21.6. The molecule has 156 valence electrons. The molecular formula is C20H13ClFN5O2S2. The first-order valence-electron chi connectivity index (χ1n) is 8.83. The highest BCUT2D eigenvalue weighted by Crippen LogP contribution is 2.29. The first-order valence-corrected chi connectivity index (χ1v) is 11.0. The van der Waals surface area contributed by atoms with Gasteiger partial charge < -0.3 is 4.74 Å². The molecule has 4 rings (SSSR count). The first-order chi connectivity index (χ1) is 15.1. The Labute approximate surface area is 189 Å². The summed E-state index contributed by atoms with van der Waals surface area (Å²) in [5, 5.41) is 3.83. The van der Waals surface area contributed by atoms with Gasteiger partial charge in [0.15, 0.2) is 4.34 Å². The second-order valence-corrected chi connectivity index (χ2v) is 8.58. The highest BCUT2D eigenvalue weighted by atomic mass is 35.5. The number of carbonyl (C=O) groups excluding carboxylic acids is 1. The number of ether oxygens (including phenoxy) is 1. The molecular weight excluding hydrogens is 461 g/mol. The van der Waals surface area contributed by atoms with Crippen LogP contribution in [0.3, 0.4) is 0 Å². The van der Waals surface area contributed by atoms with E-state index < -0.39 is 5.82 Å². The summed E-state index contributed by atoms with van der Waals surface area (Å²) >= 11 is 8.55. The molecule has 1 N–H and O–H groups in total. The number of fused-ring (bicyclic) bond motifs is 1. The van der Waals surface area contributed by atoms with Crippen LogP contribution in [0.15, 0.2) is 64.2 Å². The molecule has 0 aliphatic heterocycles. The number of nitrogens with zero attached hydrogens (tertiary/aromatic N) is 4. The van der Waals surface area contributed by atoms with E-state index >= 15 is 0 Å². The van der Waals surface area contributed by atoms with Crippen LogP contribution in [0.5, 0.6) is 11.6 Å². The molecule has 2 heterocycles. The number of nitrogens with one attached hydrogen (secondary N) is 1. The fraction of sp³-hybridized carbons (Fsp3) is 0.0500. The number of thiazole rings is 1. The Kier molecular flexibility index (Phi) is 6.70. The van der Waals surface area contributed by atoms with Gasteiger partial charge in [0.05, 0.1) is 28.4 Å². The number of hydrazone groups is 1. The van der Waals surface area contributed by atoms with Crippen molar-refractivity contribution < 1.29 is 13.9 Å². The van der Waals surface area contributed by atoms with Crippen molar-refractivity contribution in [1.82, 2.24) is 20.4 Å². The third-order valence-corrected chi connectivity index (χ3v) is 6.14. The topological polar surface area (TPSA) is 89.4 Å². The molecule has 0 fully saturated rings. The number of para-hydroxylation sites is 1. The molecule has 31 heavy (non-hydrogen) atoms. The normalized spacial score (nSPS) is 11.2. The van der Waals surface area contributed by atoms with Gasteiger partial charge in [0.25, 0.3) is 11.8 Å². The average Bonchev–Trinajstić information content (AvgIpc) is 3.19. The Morgan fingerprint density at radius 2 is 2.03 bits per heavy atom. The van der Waals surface area contributed by atoms with E-state index in [9.17, 15) is 9.18 Å². The third kappa shape index (κ3) is 5.75. The summed E-state index contributed by atoms with van der Waals surface area (Å²) in [6.45, 7) is 0. The fourth-order valence-electron chi connectivity index (χ4n) is 2.39. The summed E-state index contributed by atoms with van der Waals surface area (Å²) < 4.78 is 20.9. The van der Waals surface area contributed by atoms with Gasteiger partial charge in [-0.15, -0.1) is 11.3 Å². The highest BCUT2D eigenvalue weighted by Gasteiger charge is 2.09. The van der Waals surface area contributed by atoms with Gasteiger partial charge in [-0.05, 0) is 53.6 Å². The lowest BCUT2D eigenvalue weighted by molar-refractivity contribution is -0.118. The molecule has 4 aromatic rings. The lowest BCUT2D eigenvalue weighted by atomic mass is 10.2. The van der Waals surface area contributed by atoms with E-state index in [0.29, 0.717) is 11.3 Å². The number of thioether (sulfide) groups is 1. The summed E-state index contributed by atoms with van der Waals surface area (Å²) in [5.74, 6) is -0.656. The summed E-state index contributed by atoms with van der Waals surface area (Å²) in [5.41, 5.74) is 4.12. The van der Waals surface area contributed by atoms with Crippen molar-refractivity contribution in [2.75, 3.05) is 5.75 Å². The summed E-state index contributed by atoms with van der Waals surface area (Å²) in [4.78, 5) is 23.7. The zero-order valence-electron chi connectivity index (χ0n) is 15.7. The van der Waals surface area contributed by atoms with Crippen LogP contribution in [0.1, 0.15) is 5.56 Å². The van der Waals surface area contributed by atoms with Gasteiger partial charge in [-0.1, -0.05) is 23.9 Å². The number of benzene rings is 2. The van der Waals surface area contributed by atoms with Crippen molar-refractivity contribution in [3.8, 4) is 11.6 Å². The van der Waals surface area contributed by atoms with E-state index in [0.717, 1.165) is 20.8 Å². The van der Waals surface area contributed by atoms with Crippen molar-refractivity contribution in [3.05, 3.63) is 71.4 Å². The van der Waals surface area contributed by atoms with Gasteiger partial charge in [-0.2, -0.15) is 14.5 Å². The maximum absolute atomic E-state index is 13.6. The van der Waals surface area contributed by atoms with Crippen LogP contribution < -0.4 is 10.2 Å². The number of carbonyl (C=O) groups is 1. The average molecular weight is 474 g/mol. The van der Waals surface area contributed by atoms with Gasteiger partial charge >= 0.3 is 0 Å². The standard InChI is InChI=1S/C20H13ClFN5O2S2/c21-19-23-10-14(22)18(26-19)29-13-7-5-12(6-8-13)9-24-27-17(28)11-30-20-25-15-3-1-2-4-16(15)31-20/h1-10H,11H2,(H,27,28)/b24-9-. The van der Waals surface area contributed by atoms with E-state index in [1.165, 1.54) is 18.0 Å². The highest BCUT2D eigenvalue weighted by molar-refractivity contribution is 8.01. The van der Waals surface area contributed by atoms with Crippen molar-refractivity contribution >= 4 is 57.0 Å². The molecule has 0 saturated carbocycles. The summed E-state index contributed by atoms with van der Waals surface area (Å²) in [7, 11) is 0. The van der Waals surface area contributed by atoms with E-state index in [4.69, 9.17) is 16.3 Å². The van der Waals surface area contributed by atoms with Crippen LogP contribution in [0.4, 0.5) is 4.39 Å². The van der Waals surface area contributed by atoms with E-state index in [1.54, 1.807) is 35.6 Å². The molecule has 0 atom stereocenters. The van der Waals surface area contributed by atoms with Crippen LogP contribution in [-0.2, 0) is 4.79 Å². The van der Waals surface area contributed by atoms with Crippen LogP contribution in [-0.4, -0.2) is 32.8 Å². The molecule has 0 aliphatic rings. The van der Waals surface area contributed by atoms with Gasteiger partial charge in [0.2, 0.25) is 11.1 Å². The first kappa shape index (κ1) is 21.2. The molecule has 2 aromatic carbocycles. The van der Waals surface area contributed by atoms with Crippen molar-refractivity contribution in [1.29, 1.82) is 0 Å². The summed E-state index contributed by atoms with van der Waals surface area (Å²) in [6.07, 6.45) is 2.43. The predicted molar refractivity (Wildman–Crippen MR) is 120 cm³/mol. The Morgan fingerprint density at radius 1 is 1.23 bits per heavy atom. The minimum Gasteiger partial charge on any atom is -0.436 e. The minimum atomic E-state index is -0.721. The van der Waals surface area contributed by atoms with E-state index in [1.807, 2.05) is 24.3 Å². The number of hydrogen-bond donors (Lipinski definition) is 1. The quantitative estimate of drug-likeness (QED) is 0.177. The maximum Gasteiger partial charge on any atom is 0.260 e. The Bertz CT molecular complexity index is 1220. The molecule has 0 aliphatic carbocycles. The second kappa shape index (κ2) is 9.82. The number of rotatable bonds is 7. The van der Waals surface area contributed by atoms with Crippen LogP contribution >= 0.6 is 34.7 Å². The molecule has 1 amide bonds. The summed E-state index contributed by atoms with van der Waals surface area (Å²) in [6, 6.07) is 14.4. The zero-order valence-corrected chi connectivity index (χ0v) is 18.0. The molecule has 0 bridgehead atoms. The molecule has 11 heteroatoms. The van der Waals surface area contributed by atoms with E-state index in [-0.39, 0.29) is 22.8 Å². The fourth-order valence-corrected chi connectivity index (χ4v) is 4.37.